The normalized spacial score (nSPS) is 12.4. The summed E-state index contributed by atoms with van der Waals surface area (Å²) >= 11 is 0. The molecule has 0 fully saturated rings. The number of nitrogens with zero attached hydrogens (tertiary/aromatic N) is 1. The highest BCUT2D eigenvalue weighted by molar-refractivity contribution is 5.69. The first-order valence-corrected chi connectivity index (χ1v) is 5.36. The van der Waals surface area contributed by atoms with Gasteiger partial charge in [-0.05, 0) is 12.8 Å². The van der Waals surface area contributed by atoms with Gasteiger partial charge < -0.3 is 14.4 Å². The van der Waals surface area contributed by atoms with E-state index in [4.69, 9.17) is 14.4 Å². The molecule has 0 amide bonds. The first-order chi connectivity index (χ1) is 7.65. The van der Waals surface area contributed by atoms with Gasteiger partial charge in [0.15, 0.2) is 0 Å². The van der Waals surface area contributed by atoms with Crippen LogP contribution in [-0.4, -0.2) is 22.8 Å². The van der Waals surface area contributed by atoms with Gasteiger partial charge in [0.05, 0.1) is 13.2 Å². The Morgan fingerprint density at radius 1 is 1.69 bits per heavy atom. The summed E-state index contributed by atoms with van der Waals surface area (Å²) in [4.78, 5) is 11.2. The number of carbonyl (C=O) groups is 1. The summed E-state index contributed by atoms with van der Waals surface area (Å²) in [7, 11) is 0. The summed E-state index contributed by atoms with van der Waals surface area (Å²) in [6, 6.07) is 1.70. The van der Waals surface area contributed by atoms with Crippen LogP contribution in [0.2, 0.25) is 0 Å². The largest absolute Gasteiger partial charge is 0.466 e. The van der Waals surface area contributed by atoms with Crippen molar-refractivity contribution >= 4 is 5.97 Å². The highest BCUT2D eigenvalue weighted by Gasteiger charge is 2.13. The van der Waals surface area contributed by atoms with Crippen LogP contribution in [0.1, 0.15) is 31.7 Å². The third-order valence-electron chi connectivity index (χ3n) is 2.14. The number of rotatable bonds is 6. The van der Waals surface area contributed by atoms with Crippen LogP contribution in [0, 0.1) is 5.92 Å². The Hall–Kier alpha value is -1.36. The highest BCUT2D eigenvalue weighted by atomic mass is 16.5. The quantitative estimate of drug-likeness (QED) is 0.741. The van der Waals surface area contributed by atoms with E-state index in [1.54, 1.807) is 13.0 Å². The molecule has 1 unspecified atom stereocenters. The molecule has 1 atom stereocenters. The van der Waals surface area contributed by atoms with Crippen molar-refractivity contribution in [1.82, 2.24) is 5.16 Å². The fourth-order valence-corrected chi connectivity index (χ4v) is 1.45. The van der Waals surface area contributed by atoms with Crippen LogP contribution in [0.3, 0.4) is 0 Å². The molecule has 1 N–H and O–H groups in total. The molecule has 16 heavy (non-hydrogen) atoms. The maximum atomic E-state index is 11.2. The molecule has 1 heterocycles. The van der Waals surface area contributed by atoms with Gasteiger partial charge in [-0.25, -0.2) is 0 Å². The number of aliphatic hydroxyl groups excluding tert-OH is 1. The molecular formula is C11H17NO4. The molecule has 0 saturated heterocycles. The van der Waals surface area contributed by atoms with E-state index in [1.165, 1.54) is 0 Å². The minimum Gasteiger partial charge on any atom is -0.466 e. The van der Waals surface area contributed by atoms with Crippen LogP contribution >= 0.6 is 0 Å². The average molecular weight is 227 g/mol. The van der Waals surface area contributed by atoms with E-state index < -0.39 is 0 Å². The number of aliphatic hydroxyl groups is 1. The van der Waals surface area contributed by atoms with Crippen LogP contribution in [0.15, 0.2) is 10.6 Å². The number of esters is 1. The molecule has 0 aromatic carbocycles. The van der Waals surface area contributed by atoms with Gasteiger partial charge in [0.25, 0.3) is 0 Å². The zero-order valence-corrected chi connectivity index (χ0v) is 9.60. The topological polar surface area (TPSA) is 72.6 Å². The number of ether oxygens (including phenoxy) is 1. The van der Waals surface area contributed by atoms with E-state index in [1.807, 2.05) is 6.92 Å². The Morgan fingerprint density at radius 2 is 2.44 bits per heavy atom. The SMILES string of the molecule is CCOC(=O)CC(C)Cc1cc(CO)no1. The van der Waals surface area contributed by atoms with Gasteiger partial charge in [-0.3, -0.25) is 4.79 Å². The van der Waals surface area contributed by atoms with Crippen LogP contribution in [-0.2, 0) is 22.6 Å². The van der Waals surface area contributed by atoms with Gasteiger partial charge in [0, 0.05) is 18.9 Å². The van der Waals surface area contributed by atoms with E-state index in [-0.39, 0.29) is 18.5 Å². The van der Waals surface area contributed by atoms with Gasteiger partial charge in [-0.1, -0.05) is 12.1 Å². The molecule has 5 heteroatoms. The molecule has 5 nitrogen and oxygen atoms in total. The summed E-state index contributed by atoms with van der Waals surface area (Å²) in [5.74, 6) is 0.622. The van der Waals surface area contributed by atoms with Gasteiger partial charge in [0.1, 0.15) is 11.5 Å². The number of hydrogen-bond acceptors (Lipinski definition) is 5. The number of aromatic nitrogens is 1. The van der Waals surface area contributed by atoms with E-state index in [0.29, 0.717) is 30.9 Å². The van der Waals surface area contributed by atoms with Crippen molar-refractivity contribution < 1.29 is 19.2 Å². The molecule has 0 aliphatic carbocycles. The predicted molar refractivity (Wildman–Crippen MR) is 56.5 cm³/mol. The van der Waals surface area contributed by atoms with E-state index >= 15 is 0 Å². The van der Waals surface area contributed by atoms with Crippen molar-refractivity contribution in [2.45, 2.75) is 33.3 Å². The predicted octanol–water partition coefficient (Wildman–Crippen LogP) is 1.30. The minimum atomic E-state index is -0.197. The van der Waals surface area contributed by atoms with Gasteiger partial charge in [-0.2, -0.15) is 0 Å². The summed E-state index contributed by atoms with van der Waals surface area (Å²) in [5.41, 5.74) is 0.512. The second-order valence-corrected chi connectivity index (χ2v) is 3.76. The van der Waals surface area contributed by atoms with Crippen LogP contribution in [0.5, 0.6) is 0 Å². The molecule has 90 valence electrons. The monoisotopic (exact) mass is 227 g/mol. The fraction of sp³-hybridized carbons (Fsp3) is 0.636. The number of carbonyl (C=O) groups excluding carboxylic acids is 1. The summed E-state index contributed by atoms with van der Waals surface area (Å²) in [6.07, 6.45) is 0.981. The van der Waals surface area contributed by atoms with Gasteiger partial charge in [-0.15, -0.1) is 0 Å². The maximum Gasteiger partial charge on any atom is 0.306 e. The van der Waals surface area contributed by atoms with Crippen LogP contribution in [0.25, 0.3) is 0 Å². The molecule has 0 bridgehead atoms. The molecular weight excluding hydrogens is 210 g/mol. The highest BCUT2D eigenvalue weighted by Crippen LogP contribution is 2.13. The van der Waals surface area contributed by atoms with Crippen molar-refractivity contribution in [3.8, 4) is 0 Å². The van der Waals surface area contributed by atoms with E-state index in [9.17, 15) is 4.79 Å². The average Bonchev–Trinajstić information content (AvgIpc) is 2.65. The lowest BCUT2D eigenvalue weighted by Crippen LogP contribution is -2.10. The van der Waals surface area contributed by atoms with Gasteiger partial charge in [0.2, 0.25) is 0 Å². The molecule has 0 aliphatic rings. The summed E-state index contributed by atoms with van der Waals surface area (Å²) < 4.78 is 9.86. The lowest BCUT2D eigenvalue weighted by Gasteiger charge is -2.07. The molecule has 0 saturated carbocycles. The molecule has 1 aromatic rings. The Kier molecular flexibility index (Phi) is 4.98. The van der Waals surface area contributed by atoms with Crippen molar-refractivity contribution in [3.63, 3.8) is 0 Å². The smallest absolute Gasteiger partial charge is 0.306 e. The molecule has 0 radical (unpaired) electrons. The van der Waals surface area contributed by atoms with Crippen molar-refractivity contribution in [3.05, 3.63) is 17.5 Å². The molecule has 0 spiro atoms. The van der Waals surface area contributed by atoms with Crippen molar-refractivity contribution in [2.24, 2.45) is 5.92 Å². The third-order valence-corrected chi connectivity index (χ3v) is 2.14. The van der Waals surface area contributed by atoms with Crippen molar-refractivity contribution in [1.29, 1.82) is 0 Å². The first kappa shape index (κ1) is 12.7. The second kappa shape index (κ2) is 6.27. The first-order valence-electron chi connectivity index (χ1n) is 5.36. The minimum absolute atomic E-state index is 0.129. The third kappa shape index (κ3) is 4.02. The zero-order valence-electron chi connectivity index (χ0n) is 9.60. The molecule has 1 aromatic heterocycles. The van der Waals surface area contributed by atoms with Crippen LogP contribution < -0.4 is 0 Å². The zero-order chi connectivity index (χ0) is 12.0. The van der Waals surface area contributed by atoms with Gasteiger partial charge >= 0.3 is 5.97 Å². The standard InChI is InChI=1S/C11H17NO4/c1-3-15-11(14)5-8(2)4-10-6-9(7-13)12-16-10/h6,8,13H,3-5,7H2,1-2H3. The Labute approximate surface area is 94.4 Å². The van der Waals surface area contributed by atoms with E-state index in [2.05, 4.69) is 5.16 Å². The molecule has 0 aliphatic heterocycles. The molecule has 1 rings (SSSR count). The maximum absolute atomic E-state index is 11.2. The fourth-order valence-electron chi connectivity index (χ4n) is 1.45. The Morgan fingerprint density at radius 3 is 3.00 bits per heavy atom. The lowest BCUT2D eigenvalue weighted by atomic mass is 10.0. The summed E-state index contributed by atoms with van der Waals surface area (Å²) in [6.45, 7) is 4.00. The summed E-state index contributed by atoms with van der Waals surface area (Å²) in [5, 5.41) is 12.5. The van der Waals surface area contributed by atoms with E-state index in [0.717, 1.165) is 0 Å². The lowest BCUT2D eigenvalue weighted by molar-refractivity contribution is -0.144. The number of hydrogen-bond donors (Lipinski definition) is 1. The van der Waals surface area contributed by atoms with Crippen LogP contribution in [0.4, 0.5) is 0 Å². The Bertz CT molecular complexity index is 334. The van der Waals surface area contributed by atoms with Crippen molar-refractivity contribution in [2.75, 3.05) is 6.61 Å². The Balaban J connectivity index is 2.38. The second-order valence-electron chi connectivity index (χ2n) is 3.76.